The predicted octanol–water partition coefficient (Wildman–Crippen LogP) is 3.35. The minimum atomic E-state index is 0.613. The van der Waals surface area contributed by atoms with E-state index in [0.717, 1.165) is 40.9 Å². The van der Waals surface area contributed by atoms with Crippen LogP contribution in [0.5, 0.6) is 0 Å². The first kappa shape index (κ1) is 13.8. The van der Waals surface area contributed by atoms with E-state index in [1.165, 1.54) is 12.8 Å². The lowest BCUT2D eigenvalue weighted by atomic mass is 9.96. The molecule has 1 N–H and O–H groups in total. The molecule has 0 aliphatic carbocycles. The molecule has 1 saturated heterocycles. The lowest BCUT2D eigenvalue weighted by Crippen LogP contribution is -2.31. The Labute approximate surface area is 127 Å². The van der Waals surface area contributed by atoms with Crippen molar-refractivity contribution in [2.75, 3.05) is 13.1 Å². The van der Waals surface area contributed by atoms with Crippen molar-refractivity contribution in [2.24, 2.45) is 5.92 Å². The van der Waals surface area contributed by atoms with E-state index in [1.807, 2.05) is 18.2 Å². The van der Waals surface area contributed by atoms with Crippen LogP contribution < -0.4 is 5.32 Å². The molecular weight excluding hydrogens is 318 g/mol. The number of benzene rings is 1. The van der Waals surface area contributed by atoms with Gasteiger partial charge in [0.2, 0.25) is 0 Å². The second-order valence-electron chi connectivity index (χ2n) is 5.39. The van der Waals surface area contributed by atoms with E-state index in [-0.39, 0.29) is 0 Å². The Morgan fingerprint density at radius 3 is 3.15 bits per heavy atom. The number of hydrogen-bond acceptors (Lipinski definition) is 4. The Bertz CT molecular complexity index is 591. The second-order valence-corrected chi connectivity index (χ2v) is 6.31. The summed E-state index contributed by atoms with van der Waals surface area (Å²) in [6.07, 6.45) is 3.37. The van der Waals surface area contributed by atoms with Crippen LogP contribution in [0.25, 0.3) is 11.5 Å². The molecule has 0 spiro atoms. The van der Waals surface area contributed by atoms with Crippen molar-refractivity contribution in [1.82, 2.24) is 15.5 Å². The molecule has 1 fully saturated rings. The van der Waals surface area contributed by atoms with E-state index in [9.17, 15) is 0 Å². The number of nitrogens with zero attached hydrogens (tertiary/aromatic N) is 2. The summed E-state index contributed by atoms with van der Waals surface area (Å²) >= 11 is 3.48. The first-order valence-electron chi connectivity index (χ1n) is 7.02. The molecule has 2 heterocycles. The third-order valence-corrected chi connectivity index (χ3v) is 4.26. The van der Waals surface area contributed by atoms with Crippen LogP contribution in [-0.2, 0) is 6.42 Å². The van der Waals surface area contributed by atoms with Crippen LogP contribution in [0.3, 0.4) is 0 Å². The SMILES string of the molecule is Cc1ccc(Br)cc1-c1nc(CC2CCCNC2)no1. The highest BCUT2D eigenvalue weighted by Crippen LogP contribution is 2.26. The molecule has 2 aromatic rings. The summed E-state index contributed by atoms with van der Waals surface area (Å²) in [6, 6.07) is 6.09. The molecule has 4 nitrogen and oxygen atoms in total. The van der Waals surface area contributed by atoms with Gasteiger partial charge in [-0.25, -0.2) is 0 Å². The number of aryl methyl sites for hydroxylation is 1. The lowest BCUT2D eigenvalue weighted by Gasteiger charge is -2.20. The Balaban J connectivity index is 1.77. The fourth-order valence-corrected chi connectivity index (χ4v) is 2.99. The first-order valence-corrected chi connectivity index (χ1v) is 7.81. The Hall–Kier alpha value is -1.20. The zero-order valence-corrected chi connectivity index (χ0v) is 13.1. The van der Waals surface area contributed by atoms with Gasteiger partial charge in [-0.15, -0.1) is 0 Å². The maximum atomic E-state index is 5.43. The van der Waals surface area contributed by atoms with Crippen LogP contribution in [0.2, 0.25) is 0 Å². The minimum Gasteiger partial charge on any atom is -0.334 e. The molecule has 0 radical (unpaired) electrons. The molecule has 0 amide bonds. The van der Waals surface area contributed by atoms with E-state index in [4.69, 9.17) is 4.52 Å². The van der Waals surface area contributed by atoms with Crippen LogP contribution in [0.15, 0.2) is 27.2 Å². The number of rotatable bonds is 3. The largest absolute Gasteiger partial charge is 0.334 e. The molecule has 1 atom stereocenters. The van der Waals surface area contributed by atoms with Crippen molar-refractivity contribution in [3.8, 4) is 11.5 Å². The van der Waals surface area contributed by atoms with Crippen molar-refractivity contribution < 1.29 is 4.52 Å². The maximum absolute atomic E-state index is 5.43. The molecule has 5 heteroatoms. The van der Waals surface area contributed by atoms with Crippen LogP contribution in [0.4, 0.5) is 0 Å². The predicted molar refractivity (Wildman–Crippen MR) is 81.5 cm³/mol. The fourth-order valence-electron chi connectivity index (χ4n) is 2.63. The van der Waals surface area contributed by atoms with Crippen molar-refractivity contribution in [1.29, 1.82) is 0 Å². The van der Waals surface area contributed by atoms with Gasteiger partial charge in [-0.2, -0.15) is 4.98 Å². The van der Waals surface area contributed by atoms with Gasteiger partial charge in [-0.05, 0) is 56.5 Å². The highest BCUT2D eigenvalue weighted by Gasteiger charge is 2.18. The highest BCUT2D eigenvalue weighted by molar-refractivity contribution is 9.10. The number of hydrogen-bond donors (Lipinski definition) is 1. The van der Waals surface area contributed by atoms with Gasteiger partial charge in [0, 0.05) is 16.5 Å². The first-order chi connectivity index (χ1) is 9.72. The maximum Gasteiger partial charge on any atom is 0.258 e. The van der Waals surface area contributed by atoms with Crippen molar-refractivity contribution in [3.63, 3.8) is 0 Å². The van der Waals surface area contributed by atoms with E-state index in [1.54, 1.807) is 0 Å². The van der Waals surface area contributed by atoms with Gasteiger partial charge in [0.1, 0.15) is 0 Å². The average molecular weight is 336 g/mol. The molecule has 20 heavy (non-hydrogen) atoms. The topological polar surface area (TPSA) is 51.0 Å². The van der Waals surface area contributed by atoms with Gasteiger partial charge >= 0.3 is 0 Å². The van der Waals surface area contributed by atoms with E-state index in [2.05, 4.69) is 38.3 Å². The van der Waals surface area contributed by atoms with E-state index in [0.29, 0.717) is 11.8 Å². The van der Waals surface area contributed by atoms with Gasteiger partial charge in [0.15, 0.2) is 5.82 Å². The summed E-state index contributed by atoms with van der Waals surface area (Å²) in [5.41, 5.74) is 2.14. The zero-order chi connectivity index (χ0) is 13.9. The van der Waals surface area contributed by atoms with Crippen LogP contribution in [-0.4, -0.2) is 23.2 Å². The Morgan fingerprint density at radius 2 is 2.35 bits per heavy atom. The third-order valence-electron chi connectivity index (χ3n) is 3.77. The van der Waals surface area contributed by atoms with Gasteiger partial charge in [0.25, 0.3) is 5.89 Å². The van der Waals surface area contributed by atoms with Crippen molar-refractivity contribution >= 4 is 15.9 Å². The van der Waals surface area contributed by atoms with Gasteiger partial charge in [0.05, 0.1) is 0 Å². The normalized spacial score (nSPS) is 19.2. The molecule has 1 aromatic carbocycles. The summed E-state index contributed by atoms with van der Waals surface area (Å²) in [4.78, 5) is 4.55. The number of aromatic nitrogens is 2. The molecule has 1 unspecified atom stereocenters. The minimum absolute atomic E-state index is 0.613. The van der Waals surface area contributed by atoms with Gasteiger partial charge in [-0.3, -0.25) is 0 Å². The smallest absolute Gasteiger partial charge is 0.258 e. The van der Waals surface area contributed by atoms with Gasteiger partial charge in [-0.1, -0.05) is 27.2 Å². The molecular formula is C15H18BrN3O. The summed E-state index contributed by atoms with van der Waals surface area (Å²) in [7, 11) is 0. The van der Waals surface area contributed by atoms with Gasteiger partial charge < -0.3 is 9.84 Å². The van der Waals surface area contributed by atoms with E-state index < -0.39 is 0 Å². The average Bonchev–Trinajstić information content (AvgIpc) is 2.91. The summed E-state index contributed by atoms with van der Waals surface area (Å²) in [6.45, 7) is 4.24. The summed E-state index contributed by atoms with van der Waals surface area (Å²) < 4.78 is 6.45. The van der Waals surface area contributed by atoms with E-state index >= 15 is 0 Å². The molecule has 1 aliphatic rings. The van der Waals surface area contributed by atoms with Crippen molar-refractivity contribution in [3.05, 3.63) is 34.1 Å². The number of halogens is 1. The summed E-state index contributed by atoms with van der Waals surface area (Å²) in [5, 5.41) is 7.55. The second kappa shape index (κ2) is 6.06. The number of nitrogens with one attached hydrogen (secondary N) is 1. The molecule has 0 saturated carbocycles. The molecule has 1 aliphatic heterocycles. The fraction of sp³-hybridized carbons (Fsp3) is 0.467. The molecule has 3 rings (SSSR count). The Kier molecular flexibility index (Phi) is 4.17. The zero-order valence-electron chi connectivity index (χ0n) is 11.5. The monoisotopic (exact) mass is 335 g/mol. The van der Waals surface area contributed by atoms with Crippen LogP contribution in [0, 0.1) is 12.8 Å². The summed E-state index contributed by atoms with van der Waals surface area (Å²) in [5.74, 6) is 2.05. The van der Waals surface area contributed by atoms with Crippen molar-refractivity contribution in [2.45, 2.75) is 26.2 Å². The van der Waals surface area contributed by atoms with Crippen LogP contribution in [0.1, 0.15) is 24.2 Å². The van der Waals surface area contributed by atoms with Crippen LogP contribution >= 0.6 is 15.9 Å². The quantitative estimate of drug-likeness (QED) is 0.934. The Morgan fingerprint density at radius 1 is 1.45 bits per heavy atom. The standard InChI is InChI=1S/C15H18BrN3O/c1-10-4-5-12(16)8-13(10)15-18-14(19-20-15)7-11-3-2-6-17-9-11/h4-5,8,11,17H,2-3,6-7,9H2,1H3. The molecule has 1 aromatic heterocycles. The third kappa shape index (κ3) is 3.10. The lowest BCUT2D eigenvalue weighted by molar-refractivity contribution is 0.360. The molecule has 106 valence electrons. The number of piperidine rings is 1. The highest BCUT2D eigenvalue weighted by atomic mass is 79.9. The molecule has 0 bridgehead atoms.